The van der Waals surface area contributed by atoms with Crippen molar-refractivity contribution >= 4 is 0 Å². The number of hydrogen-bond donors (Lipinski definition) is 2. The molecule has 1 aromatic rings. The van der Waals surface area contributed by atoms with Gasteiger partial charge in [-0.3, -0.25) is 0 Å². The number of rotatable bonds is 6. The van der Waals surface area contributed by atoms with E-state index in [0.29, 0.717) is 17.9 Å². The van der Waals surface area contributed by atoms with Crippen LogP contribution in [0.15, 0.2) is 18.2 Å². The quantitative estimate of drug-likeness (QED) is 0.790. The second kappa shape index (κ2) is 5.89. The number of benzene rings is 1. The molecule has 0 aliphatic heterocycles. The summed E-state index contributed by atoms with van der Waals surface area (Å²) in [5.41, 5.74) is -0.197. The lowest BCUT2D eigenvalue weighted by molar-refractivity contribution is 0.0458. The van der Waals surface area contributed by atoms with Gasteiger partial charge in [0.15, 0.2) is 0 Å². The van der Waals surface area contributed by atoms with Crippen molar-refractivity contribution in [1.29, 1.82) is 0 Å². The first-order valence-corrected chi connectivity index (χ1v) is 5.64. The Morgan fingerprint density at radius 1 is 1.29 bits per heavy atom. The van der Waals surface area contributed by atoms with Crippen LogP contribution in [0, 0.1) is 0 Å². The Morgan fingerprint density at radius 2 is 2.00 bits per heavy atom. The van der Waals surface area contributed by atoms with Gasteiger partial charge < -0.3 is 19.9 Å². The fourth-order valence-electron chi connectivity index (χ4n) is 1.74. The van der Waals surface area contributed by atoms with Crippen molar-refractivity contribution in [3.63, 3.8) is 0 Å². The lowest BCUT2D eigenvalue weighted by Gasteiger charge is -2.26. The average molecular weight is 239 g/mol. The van der Waals surface area contributed by atoms with Crippen LogP contribution in [-0.2, 0) is 5.60 Å². The zero-order chi connectivity index (χ0) is 12.9. The van der Waals surface area contributed by atoms with Gasteiger partial charge in [-0.2, -0.15) is 0 Å². The molecule has 1 unspecified atom stereocenters. The van der Waals surface area contributed by atoms with Crippen LogP contribution < -0.4 is 14.8 Å². The van der Waals surface area contributed by atoms with Gasteiger partial charge in [0.2, 0.25) is 0 Å². The maximum atomic E-state index is 10.5. The SMILES string of the molecule is CNCCC(C)(O)c1cc(OC)ccc1OC. The van der Waals surface area contributed by atoms with Crippen LogP contribution in [0.4, 0.5) is 0 Å². The molecule has 0 saturated carbocycles. The van der Waals surface area contributed by atoms with Gasteiger partial charge in [0, 0.05) is 5.56 Å². The molecular formula is C13H21NO3. The first-order chi connectivity index (χ1) is 8.05. The standard InChI is InChI=1S/C13H21NO3/c1-13(15,7-8-14-2)11-9-10(16-3)5-6-12(11)17-4/h5-6,9,14-15H,7-8H2,1-4H3. The maximum absolute atomic E-state index is 10.5. The Labute approximate surface area is 103 Å². The molecule has 0 heterocycles. The summed E-state index contributed by atoms with van der Waals surface area (Å²) in [4.78, 5) is 0. The highest BCUT2D eigenvalue weighted by molar-refractivity contribution is 5.43. The van der Waals surface area contributed by atoms with Gasteiger partial charge in [-0.1, -0.05) is 0 Å². The molecule has 96 valence electrons. The Balaban J connectivity index is 3.07. The molecule has 1 rings (SSSR count). The van der Waals surface area contributed by atoms with Gasteiger partial charge in [-0.25, -0.2) is 0 Å². The highest BCUT2D eigenvalue weighted by Crippen LogP contribution is 2.34. The van der Waals surface area contributed by atoms with E-state index in [1.165, 1.54) is 0 Å². The van der Waals surface area contributed by atoms with Crippen molar-refractivity contribution < 1.29 is 14.6 Å². The molecule has 4 nitrogen and oxygen atoms in total. The van der Waals surface area contributed by atoms with Crippen molar-refractivity contribution in [2.24, 2.45) is 0 Å². The number of ether oxygens (including phenoxy) is 2. The fourth-order valence-corrected chi connectivity index (χ4v) is 1.74. The van der Waals surface area contributed by atoms with Crippen LogP contribution in [0.5, 0.6) is 11.5 Å². The second-order valence-electron chi connectivity index (χ2n) is 4.19. The molecule has 4 heteroatoms. The Hall–Kier alpha value is -1.26. The zero-order valence-corrected chi connectivity index (χ0v) is 10.9. The molecular weight excluding hydrogens is 218 g/mol. The fraction of sp³-hybridized carbons (Fsp3) is 0.538. The molecule has 0 aliphatic carbocycles. The van der Waals surface area contributed by atoms with E-state index in [0.717, 1.165) is 12.1 Å². The molecule has 1 atom stereocenters. The van der Waals surface area contributed by atoms with Crippen LogP contribution in [0.1, 0.15) is 18.9 Å². The summed E-state index contributed by atoms with van der Waals surface area (Å²) in [7, 11) is 5.06. The second-order valence-corrected chi connectivity index (χ2v) is 4.19. The van der Waals surface area contributed by atoms with Crippen LogP contribution in [0.25, 0.3) is 0 Å². The topological polar surface area (TPSA) is 50.7 Å². The van der Waals surface area contributed by atoms with Gasteiger partial charge in [0.1, 0.15) is 11.5 Å². The van der Waals surface area contributed by atoms with Crippen molar-refractivity contribution in [3.05, 3.63) is 23.8 Å². The van der Waals surface area contributed by atoms with Gasteiger partial charge in [-0.15, -0.1) is 0 Å². The smallest absolute Gasteiger partial charge is 0.125 e. The number of nitrogens with one attached hydrogen (secondary N) is 1. The van der Waals surface area contributed by atoms with Crippen LogP contribution in [0.3, 0.4) is 0 Å². The van der Waals surface area contributed by atoms with Gasteiger partial charge in [0.25, 0.3) is 0 Å². The predicted molar refractivity (Wildman–Crippen MR) is 67.7 cm³/mol. The summed E-state index contributed by atoms with van der Waals surface area (Å²) in [6.45, 7) is 2.51. The molecule has 0 fully saturated rings. The number of aliphatic hydroxyl groups is 1. The summed E-state index contributed by atoms with van der Waals surface area (Å²) in [6, 6.07) is 5.44. The van der Waals surface area contributed by atoms with Crippen LogP contribution in [0.2, 0.25) is 0 Å². The lowest BCUT2D eigenvalue weighted by Crippen LogP contribution is -2.27. The number of hydrogen-bond acceptors (Lipinski definition) is 4. The molecule has 1 aromatic carbocycles. The van der Waals surface area contributed by atoms with E-state index in [2.05, 4.69) is 5.32 Å². The Morgan fingerprint density at radius 3 is 2.53 bits per heavy atom. The van der Waals surface area contributed by atoms with E-state index < -0.39 is 5.60 Å². The highest BCUT2D eigenvalue weighted by Gasteiger charge is 2.26. The van der Waals surface area contributed by atoms with Crippen molar-refractivity contribution in [2.75, 3.05) is 27.8 Å². The Bertz CT molecular complexity index is 364. The molecule has 0 bridgehead atoms. The summed E-state index contributed by atoms with van der Waals surface area (Å²) in [6.07, 6.45) is 0.604. The van der Waals surface area contributed by atoms with Crippen molar-refractivity contribution in [3.8, 4) is 11.5 Å². The van der Waals surface area contributed by atoms with E-state index in [4.69, 9.17) is 9.47 Å². The molecule has 0 aromatic heterocycles. The minimum atomic E-state index is -0.942. The summed E-state index contributed by atoms with van der Waals surface area (Å²) >= 11 is 0. The highest BCUT2D eigenvalue weighted by atomic mass is 16.5. The third-order valence-electron chi connectivity index (χ3n) is 2.85. The Kier molecular flexibility index (Phi) is 4.78. The zero-order valence-electron chi connectivity index (χ0n) is 10.9. The number of methoxy groups -OCH3 is 2. The van der Waals surface area contributed by atoms with Crippen molar-refractivity contribution in [2.45, 2.75) is 18.9 Å². The predicted octanol–water partition coefficient (Wildman–Crippen LogP) is 1.52. The maximum Gasteiger partial charge on any atom is 0.125 e. The third-order valence-corrected chi connectivity index (χ3v) is 2.85. The molecule has 17 heavy (non-hydrogen) atoms. The monoisotopic (exact) mass is 239 g/mol. The largest absolute Gasteiger partial charge is 0.497 e. The van der Waals surface area contributed by atoms with E-state index in [1.54, 1.807) is 21.1 Å². The molecule has 2 N–H and O–H groups in total. The van der Waals surface area contributed by atoms with E-state index >= 15 is 0 Å². The van der Waals surface area contributed by atoms with E-state index in [-0.39, 0.29) is 0 Å². The summed E-state index contributed by atoms with van der Waals surface area (Å²) in [5, 5.41) is 13.5. The minimum absolute atomic E-state index is 0.604. The van der Waals surface area contributed by atoms with Gasteiger partial charge in [-0.05, 0) is 45.1 Å². The van der Waals surface area contributed by atoms with Crippen LogP contribution >= 0.6 is 0 Å². The molecule has 0 amide bonds. The average Bonchev–Trinajstić information content (AvgIpc) is 2.35. The van der Waals surface area contributed by atoms with Crippen molar-refractivity contribution in [1.82, 2.24) is 5.32 Å². The molecule has 0 saturated heterocycles. The third kappa shape index (κ3) is 3.35. The normalized spacial score (nSPS) is 14.2. The molecule has 0 radical (unpaired) electrons. The molecule has 0 aliphatic rings. The molecule has 0 spiro atoms. The first kappa shape index (κ1) is 13.8. The van der Waals surface area contributed by atoms with Gasteiger partial charge >= 0.3 is 0 Å². The summed E-state index contributed by atoms with van der Waals surface area (Å²) in [5.74, 6) is 1.39. The van der Waals surface area contributed by atoms with E-state index in [1.807, 2.05) is 25.2 Å². The lowest BCUT2D eigenvalue weighted by atomic mass is 9.91. The first-order valence-electron chi connectivity index (χ1n) is 5.64. The summed E-state index contributed by atoms with van der Waals surface area (Å²) < 4.78 is 10.4. The van der Waals surface area contributed by atoms with Gasteiger partial charge in [0.05, 0.1) is 19.8 Å². The van der Waals surface area contributed by atoms with Crippen LogP contribution in [-0.4, -0.2) is 32.9 Å². The minimum Gasteiger partial charge on any atom is -0.497 e. The van der Waals surface area contributed by atoms with E-state index in [9.17, 15) is 5.11 Å².